The SMILES string of the molecule is COc1ccc([C@@H](C)N[C@H](C(=O)NC2CC2)c2ccccc2)cc1Br. The van der Waals surface area contributed by atoms with E-state index in [2.05, 4.69) is 33.5 Å². The molecule has 5 heteroatoms. The maximum atomic E-state index is 12.7. The van der Waals surface area contributed by atoms with Gasteiger partial charge in [-0.05, 0) is 59.0 Å². The molecule has 1 saturated carbocycles. The number of halogens is 1. The van der Waals surface area contributed by atoms with E-state index in [0.29, 0.717) is 6.04 Å². The van der Waals surface area contributed by atoms with Crippen LogP contribution in [0, 0.1) is 0 Å². The molecule has 0 heterocycles. The number of carbonyl (C=O) groups excluding carboxylic acids is 1. The van der Waals surface area contributed by atoms with Gasteiger partial charge in [0.05, 0.1) is 11.6 Å². The molecule has 2 aromatic carbocycles. The Morgan fingerprint density at radius 3 is 2.48 bits per heavy atom. The molecule has 2 N–H and O–H groups in total. The van der Waals surface area contributed by atoms with Crippen LogP contribution in [0.3, 0.4) is 0 Å². The van der Waals surface area contributed by atoms with E-state index in [-0.39, 0.29) is 18.0 Å². The summed E-state index contributed by atoms with van der Waals surface area (Å²) in [5, 5.41) is 6.58. The van der Waals surface area contributed by atoms with Crippen molar-refractivity contribution in [3.63, 3.8) is 0 Å². The van der Waals surface area contributed by atoms with Gasteiger partial charge in [-0.15, -0.1) is 0 Å². The van der Waals surface area contributed by atoms with Crippen molar-refractivity contribution in [3.8, 4) is 5.75 Å². The van der Waals surface area contributed by atoms with E-state index in [1.807, 2.05) is 48.5 Å². The number of hydrogen-bond donors (Lipinski definition) is 2. The zero-order chi connectivity index (χ0) is 17.8. The van der Waals surface area contributed by atoms with E-state index in [0.717, 1.165) is 34.2 Å². The number of benzene rings is 2. The Bertz CT molecular complexity index is 732. The maximum Gasteiger partial charge on any atom is 0.241 e. The summed E-state index contributed by atoms with van der Waals surface area (Å²) in [6.45, 7) is 2.06. The molecule has 0 radical (unpaired) electrons. The molecular weight excluding hydrogens is 380 g/mol. The van der Waals surface area contributed by atoms with E-state index in [9.17, 15) is 4.79 Å². The molecule has 0 unspecified atom stereocenters. The van der Waals surface area contributed by atoms with Crippen LogP contribution < -0.4 is 15.4 Å². The molecule has 0 saturated heterocycles. The molecule has 2 atom stereocenters. The third-order valence-corrected chi connectivity index (χ3v) is 5.03. The number of hydrogen-bond acceptors (Lipinski definition) is 3. The van der Waals surface area contributed by atoms with Gasteiger partial charge in [0, 0.05) is 12.1 Å². The Hall–Kier alpha value is -1.85. The summed E-state index contributed by atoms with van der Waals surface area (Å²) in [4.78, 5) is 12.7. The third-order valence-electron chi connectivity index (χ3n) is 4.41. The summed E-state index contributed by atoms with van der Waals surface area (Å²) in [5.74, 6) is 0.829. The fraction of sp³-hybridized carbons (Fsp3) is 0.350. The molecule has 2 aromatic rings. The van der Waals surface area contributed by atoms with Crippen LogP contribution in [0.4, 0.5) is 0 Å². The molecule has 25 heavy (non-hydrogen) atoms. The second-order valence-corrected chi connectivity index (χ2v) is 7.26. The number of methoxy groups -OCH3 is 1. The minimum Gasteiger partial charge on any atom is -0.496 e. The van der Waals surface area contributed by atoms with Crippen molar-refractivity contribution < 1.29 is 9.53 Å². The van der Waals surface area contributed by atoms with Gasteiger partial charge in [-0.25, -0.2) is 0 Å². The molecule has 0 bridgehead atoms. The molecule has 3 rings (SSSR count). The number of carbonyl (C=O) groups is 1. The summed E-state index contributed by atoms with van der Waals surface area (Å²) in [6.07, 6.45) is 2.16. The van der Waals surface area contributed by atoms with E-state index < -0.39 is 0 Å². The highest BCUT2D eigenvalue weighted by atomic mass is 79.9. The van der Waals surface area contributed by atoms with Gasteiger partial charge in [-0.3, -0.25) is 10.1 Å². The quantitative estimate of drug-likeness (QED) is 0.731. The monoisotopic (exact) mass is 402 g/mol. The predicted octanol–water partition coefficient (Wildman–Crippen LogP) is 4.13. The zero-order valence-electron chi connectivity index (χ0n) is 14.5. The number of ether oxygens (including phenoxy) is 1. The van der Waals surface area contributed by atoms with Crippen molar-refractivity contribution in [2.45, 2.75) is 37.9 Å². The predicted molar refractivity (Wildman–Crippen MR) is 103 cm³/mol. The summed E-state index contributed by atoms with van der Waals surface area (Å²) in [5.41, 5.74) is 2.06. The van der Waals surface area contributed by atoms with E-state index >= 15 is 0 Å². The lowest BCUT2D eigenvalue weighted by Gasteiger charge is -2.24. The van der Waals surface area contributed by atoms with Crippen molar-refractivity contribution in [1.82, 2.24) is 10.6 Å². The van der Waals surface area contributed by atoms with Crippen molar-refractivity contribution >= 4 is 21.8 Å². The van der Waals surface area contributed by atoms with Gasteiger partial charge >= 0.3 is 0 Å². The smallest absolute Gasteiger partial charge is 0.241 e. The molecule has 1 amide bonds. The fourth-order valence-electron chi connectivity index (χ4n) is 2.78. The highest BCUT2D eigenvalue weighted by Crippen LogP contribution is 2.29. The largest absolute Gasteiger partial charge is 0.496 e. The van der Waals surface area contributed by atoms with Crippen LogP contribution in [0.5, 0.6) is 5.75 Å². The minimum absolute atomic E-state index is 0.0114. The van der Waals surface area contributed by atoms with E-state index in [1.54, 1.807) is 7.11 Å². The average Bonchev–Trinajstić information content (AvgIpc) is 3.44. The molecule has 4 nitrogen and oxygen atoms in total. The lowest BCUT2D eigenvalue weighted by Crippen LogP contribution is -2.39. The van der Waals surface area contributed by atoms with Gasteiger partial charge in [0.25, 0.3) is 0 Å². The lowest BCUT2D eigenvalue weighted by atomic mass is 10.0. The highest BCUT2D eigenvalue weighted by molar-refractivity contribution is 9.10. The topological polar surface area (TPSA) is 50.4 Å². The van der Waals surface area contributed by atoms with Gasteiger partial charge in [0.1, 0.15) is 11.8 Å². The van der Waals surface area contributed by atoms with Gasteiger partial charge < -0.3 is 10.1 Å². The normalized spacial score (nSPS) is 16.1. The molecule has 0 aromatic heterocycles. The second kappa shape index (κ2) is 8.02. The van der Waals surface area contributed by atoms with Crippen molar-refractivity contribution in [2.24, 2.45) is 0 Å². The van der Waals surface area contributed by atoms with Crippen LogP contribution >= 0.6 is 15.9 Å². The van der Waals surface area contributed by atoms with Gasteiger partial charge in [0.15, 0.2) is 0 Å². The number of nitrogens with one attached hydrogen (secondary N) is 2. The third kappa shape index (κ3) is 4.61. The van der Waals surface area contributed by atoms with Crippen LogP contribution in [0.1, 0.15) is 43.0 Å². The van der Waals surface area contributed by atoms with Crippen LogP contribution in [0.2, 0.25) is 0 Å². The van der Waals surface area contributed by atoms with Crippen molar-refractivity contribution in [1.29, 1.82) is 0 Å². The highest BCUT2D eigenvalue weighted by Gasteiger charge is 2.29. The van der Waals surface area contributed by atoms with Gasteiger partial charge in [-0.2, -0.15) is 0 Å². The Morgan fingerprint density at radius 1 is 1.16 bits per heavy atom. The van der Waals surface area contributed by atoms with Crippen LogP contribution in [0.15, 0.2) is 53.0 Å². The second-order valence-electron chi connectivity index (χ2n) is 6.41. The molecule has 1 fully saturated rings. The summed E-state index contributed by atoms with van der Waals surface area (Å²) >= 11 is 3.52. The van der Waals surface area contributed by atoms with Gasteiger partial charge in [0.2, 0.25) is 5.91 Å². The minimum atomic E-state index is -0.377. The zero-order valence-corrected chi connectivity index (χ0v) is 16.0. The van der Waals surface area contributed by atoms with Crippen molar-refractivity contribution in [2.75, 3.05) is 7.11 Å². The number of rotatable bonds is 7. The first-order valence-electron chi connectivity index (χ1n) is 8.53. The first-order valence-corrected chi connectivity index (χ1v) is 9.32. The first-order chi connectivity index (χ1) is 12.1. The Kier molecular flexibility index (Phi) is 5.76. The summed E-state index contributed by atoms with van der Waals surface area (Å²) in [7, 11) is 1.65. The average molecular weight is 403 g/mol. The number of amides is 1. The molecule has 1 aliphatic carbocycles. The molecule has 0 aliphatic heterocycles. The summed E-state index contributed by atoms with van der Waals surface area (Å²) < 4.78 is 6.19. The molecular formula is C20H23BrN2O2. The standard InChI is InChI=1S/C20H23BrN2O2/c1-13(15-8-11-18(25-2)17(21)12-15)22-19(14-6-4-3-5-7-14)20(24)23-16-9-10-16/h3-8,11-13,16,19,22H,9-10H2,1-2H3,(H,23,24)/t13-,19+/m1/s1. The molecule has 0 spiro atoms. The Morgan fingerprint density at radius 2 is 1.88 bits per heavy atom. The van der Waals surface area contributed by atoms with Crippen LogP contribution in [-0.2, 0) is 4.79 Å². The fourth-order valence-corrected chi connectivity index (χ4v) is 3.34. The maximum absolute atomic E-state index is 12.7. The van der Waals surface area contributed by atoms with Crippen molar-refractivity contribution in [3.05, 3.63) is 64.1 Å². The first kappa shape index (κ1) is 18.0. The van der Waals surface area contributed by atoms with Crippen LogP contribution in [0.25, 0.3) is 0 Å². The van der Waals surface area contributed by atoms with E-state index in [4.69, 9.17) is 4.74 Å². The Balaban J connectivity index is 1.78. The van der Waals surface area contributed by atoms with E-state index in [1.165, 1.54) is 0 Å². The lowest BCUT2D eigenvalue weighted by molar-refractivity contribution is -0.123. The Labute approximate surface area is 157 Å². The molecule has 132 valence electrons. The van der Waals surface area contributed by atoms with Crippen LogP contribution in [-0.4, -0.2) is 19.1 Å². The summed E-state index contributed by atoms with van der Waals surface area (Å²) in [6, 6.07) is 15.8. The molecule has 1 aliphatic rings. The van der Waals surface area contributed by atoms with Gasteiger partial charge in [-0.1, -0.05) is 36.4 Å².